The largest absolute Gasteiger partial charge is 0.497 e. The van der Waals surface area contributed by atoms with E-state index in [4.69, 9.17) is 10.5 Å². The second-order valence-electron chi connectivity index (χ2n) is 3.67. The first-order valence-corrected chi connectivity index (χ1v) is 4.99. The van der Waals surface area contributed by atoms with Gasteiger partial charge in [-0.25, -0.2) is 0 Å². The van der Waals surface area contributed by atoms with E-state index in [-0.39, 0.29) is 0 Å². The summed E-state index contributed by atoms with van der Waals surface area (Å²) >= 11 is 0. The van der Waals surface area contributed by atoms with Gasteiger partial charge >= 0.3 is 6.18 Å². The zero-order valence-electron chi connectivity index (χ0n) is 9.24. The lowest BCUT2D eigenvalue weighted by molar-refractivity contribution is -0.153. The van der Waals surface area contributed by atoms with Crippen molar-refractivity contribution in [1.29, 1.82) is 0 Å². The van der Waals surface area contributed by atoms with Gasteiger partial charge in [0.15, 0.2) is 0 Å². The van der Waals surface area contributed by atoms with Crippen molar-refractivity contribution in [2.45, 2.75) is 24.7 Å². The summed E-state index contributed by atoms with van der Waals surface area (Å²) in [6, 6.07) is 4.12. The molecule has 96 valence electrons. The third-order valence-electron chi connectivity index (χ3n) is 2.40. The fourth-order valence-electron chi connectivity index (χ4n) is 1.34. The topological polar surface area (TPSA) is 55.5 Å². The quantitative estimate of drug-likeness (QED) is 0.858. The van der Waals surface area contributed by atoms with Gasteiger partial charge in [0.25, 0.3) is 0 Å². The van der Waals surface area contributed by atoms with E-state index in [0.717, 1.165) is 0 Å². The van der Waals surface area contributed by atoms with E-state index in [2.05, 4.69) is 0 Å². The van der Waals surface area contributed by atoms with Gasteiger partial charge in [-0.3, -0.25) is 0 Å². The van der Waals surface area contributed by atoms with Crippen LogP contribution in [0.4, 0.5) is 13.2 Å². The molecule has 3 nitrogen and oxygen atoms in total. The van der Waals surface area contributed by atoms with Crippen LogP contribution < -0.4 is 10.5 Å². The van der Waals surface area contributed by atoms with Gasteiger partial charge in [-0.05, 0) is 17.7 Å². The third-order valence-corrected chi connectivity index (χ3v) is 2.40. The van der Waals surface area contributed by atoms with Crippen LogP contribution in [0.2, 0.25) is 0 Å². The average molecular weight is 249 g/mol. The van der Waals surface area contributed by atoms with E-state index in [9.17, 15) is 18.3 Å². The van der Waals surface area contributed by atoms with Crippen LogP contribution in [0.25, 0.3) is 0 Å². The Morgan fingerprint density at radius 3 is 2.24 bits per heavy atom. The molecule has 0 amide bonds. The lowest BCUT2D eigenvalue weighted by Gasteiger charge is -2.19. The van der Waals surface area contributed by atoms with E-state index in [1.165, 1.54) is 19.2 Å². The van der Waals surface area contributed by atoms with E-state index in [1.807, 2.05) is 0 Å². The highest BCUT2D eigenvalue weighted by molar-refractivity contribution is 5.28. The summed E-state index contributed by atoms with van der Waals surface area (Å²) in [6.45, 7) is 0. The number of aliphatic hydroxyl groups is 1. The Balaban J connectivity index is 2.66. The molecule has 1 aromatic carbocycles. The fourth-order valence-corrected chi connectivity index (χ4v) is 1.34. The lowest BCUT2D eigenvalue weighted by Crippen LogP contribution is -2.38. The number of benzene rings is 1. The molecule has 0 fully saturated rings. The maximum Gasteiger partial charge on any atom is 0.403 e. The first-order valence-electron chi connectivity index (χ1n) is 4.99. The molecule has 0 aliphatic rings. The molecule has 0 aliphatic heterocycles. The Labute approximate surface area is 97.0 Å². The van der Waals surface area contributed by atoms with Crippen molar-refractivity contribution >= 4 is 0 Å². The van der Waals surface area contributed by atoms with Gasteiger partial charge in [-0.2, -0.15) is 13.2 Å². The maximum absolute atomic E-state index is 12.2. The SMILES string of the molecule is COc1ccc([C@@H](O)C[C@@H](N)C(F)(F)F)cc1. The molecule has 0 aromatic heterocycles. The number of hydrogen-bond donors (Lipinski definition) is 2. The van der Waals surface area contributed by atoms with Crippen LogP contribution in [0.1, 0.15) is 18.1 Å². The highest BCUT2D eigenvalue weighted by atomic mass is 19.4. The van der Waals surface area contributed by atoms with Gasteiger partial charge in [0.2, 0.25) is 0 Å². The van der Waals surface area contributed by atoms with Gasteiger partial charge in [-0.15, -0.1) is 0 Å². The highest BCUT2D eigenvalue weighted by Gasteiger charge is 2.37. The van der Waals surface area contributed by atoms with Crippen LogP contribution in [-0.4, -0.2) is 24.4 Å². The van der Waals surface area contributed by atoms with Crippen LogP contribution >= 0.6 is 0 Å². The minimum absolute atomic E-state index is 0.380. The minimum Gasteiger partial charge on any atom is -0.497 e. The Morgan fingerprint density at radius 1 is 1.29 bits per heavy atom. The van der Waals surface area contributed by atoms with Crippen molar-refractivity contribution < 1.29 is 23.0 Å². The van der Waals surface area contributed by atoms with Crippen molar-refractivity contribution in [3.63, 3.8) is 0 Å². The number of alkyl halides is 3. The van der Waals surface area contributed by atoms with Crippen LogP contribution in [0.5, 0.6) is 5.75 Å². The molecule has 17 heavy (non-hydrogen) atoms. The molecule has 2 atom stereocenters. The zero-order valence-corrected chi connectivity index (χ0v) is 9.24. The predicted octanol–water partition coefficient (Wildman–Crippen LogP) is 2.01. The number of methoxy groups -OCH3 is 1. The maximum atomic E-state index is 12.2. The lowest BCUT2D eigenvalue weighted by atomic mass is 10.0. The van der Waals surface area contributed by atoms with Crippen molar-refractivity contribution in [2.24, 2.45) is 5.73 Å². The Morgan fingerprint density at radius 2 is 1.82 bits per heavy atom. The predicted molar refractivity (Wildman–Crippen MR) is 56.6 cm³/mol. The first-order chi connectivity index (χ1) is 7.84. The normalized spacial score (nSPS) is 15.4. The standard InChI is InChI=1S/C11H14F3NO2/c1-17-8-4-2-7(3-5-8)9(16)6-10(15)11(12,13)14/h2-5,9-10,16H,6,15H2,1H3/t9-,10+/m0/s1. The summed E-state index contributed by atoms with van der Waals surface area (Å²) in [4.78, 5) is 0. The van der Waals surface area contributed by atoms with Crippen LogP contribution in [0.15, 0.2) is 24.3 Å². The number of ether oxygens (including phenoxy) is 1. The number of rotatable bonds is 4. The van der Waals surface area contributed by atoms with Gasteiger partial charge in [-0.1, -0.05) is 12.1 Å². The molecule has 0 saturated heterocycles. The summed E-state index contributed by atoms with van der Waals surface area (Å²) in [7, 11) is 1.48. The molecule has 0 spiro atoms. The van der Waals surface area contributed by atoms with Crippen molar-refractivity contribution in [1.82, 2.24) is 0 Å². The van der Waals surface area contributed by atoms with E-state index in [0.29, 0.717) is 11.3 Å². The van der Waals surface area contributed by atoms with Gasteiger partial charge in [0, 0.05) is 6.42 Å². The summed E-state index contributed by atoms with van der Waals surface area (Å²) in [5.74, 6) is 0.570. The number of hydrogen-bond acceptors (Lipinski definition) is 3. The molecule has 0 saturated carbocycles. The molecule has 3 N–H and O–H groups in total. The highest BCUT2D eigenvalue weighted by Crippen LogP contribution is 2.27. The summed E-state index contributed by atoms with van der Waals surface area (Å²) < 4.78 is 41.5. The fraction of sp³-hybridized carbons (Fsp3) is 0.455. The zero-order chi connectivity index (χ0) is 13.1. The van der Waals surface area contributed by atoms with Gasteiger partial charge in [0.1, 0.15) is 11.8 Å². The molecular formula is C11H14F3NO2. The van der Waals surface area contributed by atoms with E-state index >= 15 is 0 Å². The smallest absolute Gasteiger partial charge is 0.403 e. The van der Waals surface area contributed by atoms with Crippen LogP contribution in [-0.2, 0) is 0 Å². The summed E-state index contributed by atoms with van der Waals surface area (Å²) in [6.07, 6.45) is -6.29. The van der Waals surface area contributed by atoms with Gasteiger partial charge in [0.05, 0.1) is 13.2 Å². The summed E-state index contributed by atoms with van der Waals surface area (Å²) in [5, 5.41) is 9.60. The molecule has 6 heteroatoms. The number of halogens is 3. The second-order valence-corrected chi connectivity index (χ2v) is 3.67. The number of nitrogens with two attached hydrogens (primary N) is 1. The van der Waals surface area contributed by atoms with Crippen molar-refractivity contribution in [2.75, 3.05) is 7.11 Å². The number of aliphatic hydroxyl groups excluding tert-OH is 1. The average Bonchev–Trinajstić information content (AvgIpc) is 2.27. The monoisotopic (exact) mass is 249 g/mol. The van der Waals surface area contributed by atoms with Crippen LogP contribution in [0.3, 0.4) is 0 Å². The second kappa shape index (κ2) is 5.37. The first kappa shape index (κ1) is 13.8. The Bertz CT molecular complexity index is 351. The molecule has 0 heterocycles. The van der Waals surface area contributed by atoms with E-state index < -0.39 is 24.7 Å². The minimum atomic E-state index is -4.49. The Hall–Kier alpha value is -1.27. The van der Waals surface area contributed by atoms with Crippen LogP contribution in [0, 0.1) is 0 Å². The molecule has 0 unspecified atom stereocenters. The molecule has 0 bridgehead atoms. The van der Waals surface area contributed by atoms with Gasteiger partial charge < -0.3 is 15.6 Å². The molecule has 0 aliphatic carbocycles. The van der Waals surface area contributed by atoms with E-state index in [1.54, 1.807) is 12.1 Å². The molecule has 1 aromatic rings. The summed E-state index contributed by atoms with van der Waals surface area (Å²) in [5.41, 5.74) is 5.32. The molecule has 1 rings (SSSR count). The van der Waals surface area contributed by atoms with Crippen molar-refractivity contribution in [3.05, 3.63) is 29.8 Å². The van der Waals surface area contributed by atoms with Crippen molar-refractivity contribution in [3.8, 4) is 5.75 Å². The third kappa shape index (κ3) is 3.90. The molecular weight excluding hydrogens is 235 g/mol. The molecule has 0 radical (unpaired) electrons. The Kier molecular flexibility index (Phi) is 4.36.